The summed E-state index contributed by atoms with van der Waals surface area (Å²) in [6.45, 7) is 4.34. The van der Waals surface area contributed by atoms with Crippen molar-refractivity contribution in [3.8, 4) is 0 Å². The second-order valence-corrected chi connectivity index (χ2v) is 3.78. The third-order valence-electron chi connectivity index (χ3n) is 1.77. The zero-order chi connectivity index (χ0) is 8.97. The van der Waals surface area contributed by atoms with E-state index in [1.165, 1.54) is 15.5 Å². The van der Waals surface area contributed by atoms with Crippen LogP contribution in [0.5, 0.6) is 0 Å². The van der Waals surface area contributed by atoms with Crippen molar-refractivity contribution in [3.05, 3.63) is 22.6 Å². The van der Waals surface area contributed by atoms with Crippen molar-refractivity contribution in [2.75, 3.05) is 7.05 Å². The van der Waals surface area contributed by atoms with Crippen LogP contribution in [0.2, 0.25) is 0 Å². The van der Waals surface area contributed by atoms with E-state index in [1.54, 1.807) is 11.8 Å². The molecule has 0 aliphatic carbocycles. The molecule has 1 aliphatic rings. The molecule has 66 valence electrons. The largest absolute Gasteiger partial charge is 0.281 e. The SMILES string of the molecule is CC/C=C1/C=C(CC)SC1=NC. The lowest BCUT2D eigenvalue weighted by Gasteiger charge is -1.95. The Morgan fingerprint density at radius 2 is 2.25 bits per heavy atom. The van der Waals surface area contributed by atoms with Crippen molar-refractivity contribution in [3.63, 3.8) is 0 Å². The van der Waals surface area contributed by atoms with Crippen LogP contribution in [0.4, 0.5) is 0 Å². The van der Waals surface area contributed by atoms with E-state index in [9.17, 15) is 0 Å². The lowest BCUT2D eigenvalue weighted by atomic mass is 10.2. The van der Waals surface area contributed by atoms with Crippen LogP contribution >= 0.6 is 11.8 Å². The highest BCUT2D eigenvalue weighted by atomic mass is 32.2. The molecule has 0 spiro atoms. The highest BCUT2D eigenvalue weighted by molar-refractivity contribution is 8.18. The lowest BCUT2D eigenvalue weighted by Crippen LogP contribution is -1.88. The van der Waals surface area contributed by atoms with E-state index < -0.39 is 0 Å². The molecule has 0 atom stereocenters. The first kappa shape index (κ1) is 9.59. The summed E-state index contributed by atoms with van der Waals surface area (Å²) in [5.74, 6) is 0. The van der Waals surface area contributed by atoms with Gasteiger partial charge in [0.1, 0.15) is 5.04 Å². The van der Waals surface area contributed by atoms with Gasteiger partial charge in [0.2, 0.25) is 0 Å². The number of hydrogen-bond donors (Lipinski definition) is 0. The second kappa shape index (κ2) is 4.51. The third-order valence-corrected chi connectivity index (χ3v) is 3.05. The van der Waals surface area contributed by atoms with Crippen molar-refractivity contribution in [2.45, 2.75) is 26.7 Å². The molecule has 0 aromatic heterocycles. The highest BCUT2D eigenvalue weighted by Crippen LogP contribution is 2.33. The summed E-state index contributed by atoms with van der Waals surface area (Å²) < 4.78 is 0. The minimum absolute atomic E-state index is 1.09. The molecule has 1 heterocycles. The molecule has 0 bridgehead atoms. The summed E-state index contributed by atoms with van der Waals surface area (Å²) in [6, 6.07) is 0. The maximum Gasteiger partial charge on any atom is 0.101 e. The highest BCUT2D eigenvalue weighted by Gasteiger charge is 2.14. The van der Waals surface area contributed by atoms with E-state index in [4.69, 9.17) is 0 Å². The molecule has 0 radical (unpaired) electrons. The molecule has 2 heteroatoms. The molecule has 0 N–H and O–H groups in total. The van der Waals surface area contributed by atoms with E-state index >= 15 is 0 Å². The van der Waals surface area contributed by atoms with Crippen LogP contribution in [0.25, 0.3) is 0 Å². The fourth-order valence-corrected chi connectivity index (χ4v) is 2.09. The minimum atomic E-state index is 1.09. The van der Waals surface area contributed by atoms with Crippen LogP contribution in [0.15, 0.2) is 27.6 Å². The van der Waals surface area contributed by atoms with Gasteiger partial charge in [-0.1, -0.05) is 31.7 Å². The summed E-state index contributed by atoms with van der Waals surface area (Å²) in [4.78, 5) is 5.67. The van der Waals surface area contributed by atoms with E-state index in [2.05, 4.69) is 31.0 Å². The number of rotatable bonds is 2. The van der Waals surface area contributed by atoms with Gasteiger partial charge < -0.3 is 0 Å². The molecule has 0 fully saturated rings. The van der Waals surface area contributed by atoms with Crippen LogP contribution in [0.3, 0.4) is 0 Å². The van der Waals surface area contributed by atoms with Gasteiger partial charge in [0.05, 0.1) is 0 Å². The van der Waals surface area contributed by atoms with E-state index in [0.29, 0.717) is 0 Å². The fourth-order valence-electron chi connectivity index (χ4n) is 1.16. The Hall–Kier alpha value is -0.500. The van der Waals surface area contributed by atoms with E-state index in [-0.39, 0.29) is 0 Å². The van der Waals surface area contributed by atoms with E-state index in [1.807, 2.05) is 7.05 Å². The average molecular weight is 181 g/mol. The van der Waals surface area contributed by atoms with Gasteiger partial charge in [0.25, 0.3) is 0 Å². The maximum atomic E-state index is 4.24. The molecule has 1 rings (SSSR count). The quantitative estimate of drug-likeness (QED) is 0.636. The van der Waals surface area contributed by atoms with Gasteiger partial charge in [0.15, 0.2) is 0 Å². The number of hydrogen-bond acceptors (Lipinski definition) is 2. The van der Waals surface area contributed by atoms with Crippen LogP contribution in [-0.4, -0.2) is 12.1 Å². The third kappa shape index (κ3) is 2.01. The first-order valence-corrected chi connectivity index (χ1v) is 5.19. The van der Waals surface area contributed by atoms with Gasteiger partial charge in [-0.3, -0.25) is 4.99 Å². The molecule has 0 saturated heterocycles. The van der Waals surface area contributed by atoms with Crippen LogP contribution in [0.1, 0.15) is 26.7 Å². The predicted octanol–water partition coefficient (Wildman–Crippen LogP) is 3.39. The first-order valence-electron chi connectivity index (χ1n) is 4.37. The van der Waals surface area contributed by atoms with Gasteiger partial charge in [-0.2, -0.15) is 0 Å². The Balaban J connectivity index is 2.84. The average Bonchev–Trinajstić information content (AvgIpc) is 2.48. The summed E-state index contributed by atoms with van der Waals surface area (Å²) in [7, 11) is 1.86. The molecule has 0 unspecified atom stereocenters. The topological polar surface area (TPSA) is 12.4 Å². The molecule has 0 saturated carbocycles. The number of nitrogens with zero attached hydrogens (tertiary/aromatic N) is 1. The number of allylic oxidation sites excluding steroid dienone is 3. The summed E-state index contributed by atoms with van der Waals surface area (Å²) in [6.07, 6.45) is 6.68. The number of aliphatic imine (C=N–C) groups is 1. The Morgan fingerprint density at radius 1 is 1.50 bits per heavy atom. The van der Waals surface area contributed by atoms with Gasteiger partial charge in [-0.25, -0.2) is 0 Å². The van der Waals surface area contributed by atoms with E-state index in [0.717, 1.165) is 12.8 Å². The fraction of sp³-hybridized carbons (Fsp3) is 0.500. The molecule has 0 aromatic carbocycles. The van der Waals surface area contributed by atoms with Gasteiger partial charge in [-0.15, -0.1) is 0 Å². The van der Waals surface area contributed by atoms with Crippen LogP contribution < -0.4 is 0 Å². The Bertz CT molecular complexity index is 249. The van der Waals surface area contributed by atoms with Crippen molar-refractivity contribution in [1.82, 2.24) is 0 Å². The Morgan fingerprint density at radius 3 is 2.75 bits per heavy atom. The lowest BCUT2D eigenvalue weighted by molar-refractivity contribution is 1.19. The summed E-state index contributed by atoms with van der Waals surface area (Å²) in [5, 5.41) is 1.17. The van der Waals surface area contributed by atoms with Crippen LogP contribution in [0, 0.1) is 0 Å². The zero-order valence-corrected chi connectivity index (χ0v) is 8.74. The van der Waals surface area contributed by atoms with Gasteiger partial charge >= 0.3 is 0 Å². The van der Waals surface area contributed by atoms with Crippen molar-refractivity contribution in [1.29, 1.82) is 0 Å². The smallest absolute Gasteiger partial charge is 0.101 e. The molecule has 1 aliphatic heterocycles. The molecular weight excluding hydrogens is 166 g/mol. The van der Waals surface area contributed by atoms with Gasteiger partial charge in [-0.05, 0) is 23.8 Å². The standard InChI is InChI=1S/C10H15NS/c1-4-6-8-7-9(5-2)12-10(8)11-3/h6-7H,4-5H2,1-3H3/b8-6-,11-10?. The van der Waals surface area contributed by atoms with Crippen molar-refractivity contribution < 1.29 is 0 Å². The molecule has 0 aromatic rings. The van der Waals surface area contributed by atoms with Crippen LogP contribution in [-0.2, 0) is 0 Å². The molecule has 1 nitrogen and oxygen atoms in total. The Kier molecular flexibility index (Phi) is 3.60. The van der Waals surface area contributed by atoms with Crippen molar-refractivity contribution in [2.24, 2.45) is 4.99 Å². The maximum absolute atomic E-state index is 4.24. The second-order valence-electron chi connectivity index (χ2n) is 2.66. The number of thioether (sulfide) groups is 1. The minimum Gasteiger partial charge on any atom is -0.281 e. The van der Waals surface area contributed by atoms with Crippen molar-refractivity contribution >= 4 is 16.8 Å². The molecule has 12 heavy (non-hydrogen) atoms. The zero-order valence-electron chi connectivity index (χ0n) is 7.92. The summed E-state index contributed by atoms with van der Waals surface area (Å²) >= 11 is 1.80. The normalized spacial score (nSPS) is 23.8. The predicted molar refractivity (Wildman–Crippen MR) is 57.7 cm³/mol. The monoisotopic (exact) mass is 181 g/mol. The van der Waals surface area contributed by atoms with Gasteiger partial charge in [0, 0.05) is 12.6 Å². The Labute approximate surface area is 78.7 Å². The molecular formula is C10H15NS. The summed E-state index contributed by atoms with van der Waals surface area (Å²) in [5.41, 5.74) is 1.31. The molecule has 0 amide bonds. The first-order chi connectivity index (χ1) is 5.81.